The van der Waals surface area contributed by atoms with Gasteiger partial charge in [-0.1, -0.05) is 13.8 Å². The number of hydrogen-bond donors (Lipinski definition) is 2. The molecule has 1 rings (SSSR count). The van der Waals surface area contributed by atoms with E-state index in [1.54, 1.807) is 0 Å². The number of benzene rings is 1. The van der Waals surface area contributed by atoms with Gasteiger partial charge in [0.1, 0.15) is 0 Å². The first-order valence-electron chi connectivity index (χ1n) is 7.41. The van der Waals surface area contributed by atoms with Crippen molar-refractivity contribution in [3.8, 4) is 0 Å². The van der Waals surface area contributed by atoms with Crippen LogP contribution in [0.1, 0.15) is 24.2 Å². The van der Waals surface area contributed by atoms with Gasteiger partial charge in [-0.05, 0) is 30.2 Å². The Balaban J connectivity index is 2.56. The van der Waals surface area contributed by atoms with Crippen molar-refractivity contribution in [3.05, 3.63) is 29.8 Å². The molecular formula is C15H18F2N2O6S. The molecule has 0 aromatic heterocycles. The lowest BCUT2D eigenvalue weighted by Crippen LogP contribution is -2.42. The van der Waals surface area contributed by atoms with Crippen LogP contribution in [0.15, 0.2) is 29.2 Å². The molecule has 0 aliphatic heterocycles. The molecule has 0 saturated carbocycles. The summed E-state index contributed by atoms with van der Waals surface area (Å²) in [5, 5.41) is 4.39. The van der Waals surface area contributed by atoms with Crippen molar-refractivity contribution in [2.24, 2.45) is 5.92 Å². The normalized spacial score (nSPS) is 11.3. The van der Waals surface area contributed by atoms with Gasteiger partial charge in [0.25, 0.3) is 5.91 Å². The number of sulfone groups is 1. The van der Waals surface area contributed by atoms with Crippen LogP contribution in [0, 0.1) is 5.92 Å². The predicted molar refractivity (Wildman–Crippen MR) is 86.3 cm³/mol. The van der Waals surface area contributed by atoms with Gasteiger partial charge in [0.2, 0.25) is 9.84 Å². The highest BCUT2D eigenvalue weighted by Gasteiger charge is 2.26. The number of esters is 1. The number of nitrogens with one attached hydrogen (secondary N) is 2. The molecule has 0 aliphatic rings. The van der Waals surface area contributed by atoms with Crippen LogP contribution in [-0.4, -0.2) is 45.2 Å². The molecule has 0 fully saturated rings. The number of alkyl halides is 2. The number of urea groups is 1. The van der Waals surface area contributed by atoms with Gasteiger partial charge in [0, 0.05) is 6.54 Å². The number of hydrogen-bond acceptors (Lipinski definition) is 6. The van der Waals surface area contributed by atoms with E-state index in [4.69, 9.17) is 0 Å². The van der Waals surface area contributed by atoms with E-state index in [0.717, 1.165) is 24.3 Å². The summed E-state index contributed by atoms with van der Waals surface area (Å²) in [7, 11) is -4.76. The summed E-state index contributed by atoms with van der Waals surface area (Å²) in [4.78, 5) is 33.9. The van der Waals surface area contributed by atoms with Gasteiger partial charge in [0.15, 0.2) is 6.61 Å². The average Bonchev–Trinajstić information content (AvgIpc) is 2.57. The van der Waals surface area contributed by atoms with E-state index in [2.05, 4.69) is 10.1 Å². The zero-order valence-electron chi connectivity index (χ0n) is 14.0. The third-order valence-electron chi connectivity index (χ3n) is 2.91. The summed E-state index contributed by atoms with van der Waals surface area (Å²) in [6, 6.07) is 2.88. The van der Waals surface area contributed by atoms with Crippen molar-refractivity contribution in [2.75, 3.05) is 13.2 Å². The van der Waals surface area contributed by atoms with Gasteiger partial charge < -0.3 is 10.1 Å². The first-order valence-corrected chi connectivity index (χ1v) is 8.95. The van der Waals surface area contributed by atoms with E-state index in [-0.39, 0.29) is 11.5 Å². The molecule has 0 saturated heterocycles. The SMILES string of the molecule is CC(C)CNC(=O)NC(=O)COC(=O)c1ccc(S(=O)(=O)C(F)F)cc1. The van der Waals surface area contributed by atoms with Crippen molar-refractivity contribution in [2.45, 2.75) is 24.5 Å². The van der Waals surface area contributed by atoms with Crippen LogP contribution in [0.25, 0.3) is 0 Å². The van der Waals surface area contributed by atoms with Gasteiger partial charge in [-0.25, -0.2) is 18.0 Å². The van der Waals surface area contributed by atoms with Crippen molar-refractivity contribution in [3.63, 3.8) is 0 Å². The van der Waals surface area contributed by atoms with Crippen LogP contribution >= 0.6 is 0 Å². The molecule has 0 heterocycles. The summed E-state index contributed by atoms with van der Waals surface area (Å²) in [6.07, 6.45) is 0. The molecule has 26 heavy (non-hydrogen) atoms. The van der Waals surface area contributed by atoms with E-state index >= 15 is 0 Å². The van der Waals surface area contributed by atoms with Crippen molar-refractivity contribution < 1.29 is 36.3 Å². The molecule has 0 bridgehead atoms. The number of halogens is 2. The zero-order valence-corrected chi connectivity index (χ0v) is 14.8. The Hall–Kier alpha value is -2.56. The zero-order chi connectivity index (χ0) is 19.9. The third-order valence-corrected chi connectivity index (χ3v) is 4.31. The van der Waals surface area contributed by atoms with E-state index in [0.29, 0.717) is 6.54 Å². The van der Waals surface area contributed by atoms with Crippen molar-refractivity contribution >= 4 is 27.7 Å². The summed E-state index contributed by atoms with van der Waals surface area (Å²) >= 11 is 0. The first kappa shape index (κ1) is 21.5. The number of amides is 3. The molecule has 8 nitrogen and oxygen atoms in total. The standard InChI is InChI=1S/C15H18F2N2O6S/c1-9(2)7-18-15(22)19-12(20)8-25-13(21)10-3-5-11(6-4-10)26(23,24)14(16)17/h3-6,9,14H,7-8H2,1-2H3,(H2,18,19,20,22). The van der Waals surface area contributed by atoms with Gasteiger partial charge in [0.05, 0.1) is 10.5 Å². The smallest absolute Gasteiger partial charge is 0.341 e. The Kier molecular flexibility index (Phi) is 7.62. The molecular weight excluding hydrogens is 374 g/mol. The van der Waals surface area contributed by atoms with Crippen LogP contribution in [0.5, 0.6) is 0 Å². The van der Waals surface area contributed by atoms with E-state index in [1.807, 2.05) is 19.2 Å². The fourth-order valence-corrected chi connectivity index (χ4v) is 2.32. The third kappa shape index (κ3) is 6.39. The second-order valence-electron chi connectivity index (χ2n) is 5.56. The molecule has 1 aromatic rings. The number of carbonyl (C=O) groups excluding carboxylic acids is 3. The summed E-state index contributed by atoms with van der Waals surface area (Å²) in [6.45, 7) is 3.33. The Morgan fingerprint density at radius 3 is 2.19 bits per heavy atom. The maximum Gasteiger partial charge on any atom is 0.341 e. The van der Waals surface area contributed by atoms with Crippen LogP contribution in [0.4, 0.5) is 13.6 Å². The monoisotopic (exact) mass is 392 g/mol. The number of ether oxygens (including phenoxy) is 1. The lowest BCUT2D eigenvalue weighted by Gasteiger charge is -2.09. The fraction of sp³-hybridized carbons (Fsp3) is 0.400. The van der Waals surface area contributed by atoms with Gasteiger partial charge >= 0.3 is 17.8 Å². The summed E-state index contributed by atoms with van der Waals surface area (Å²) in [5.41, 5.74) is -0.143. The Labute approximate surface area is 148 Å². The molecule has 0 spiro atoms. The van der Waals surface area contributed by atoms with Gasteiger partial charge in [-0.15, -0.1) is 0 Å². The second-order valence-corrected chi connectivity index (χ2v) is 7.48. The highest BCUT2D eigenvalue weighted by molar-refractivity contribution is 7.91. The van der Waals surface area contributed by atoms with Crippen LogP contribution in [0.3, 0.4) is 0 Å². The molecule has 0 atom stereocenters. The fourth-order valence-electron chi connectivity index (χ4n) is 1.60. The lowest BCUT2D eigenvalue weighted by atomic mass is 10.2. The van der Waals surface area contributed by atoms with E-state index in [9.17, 15) is 31.6 Å². The van der Waals surface area contributed by atoms with Gasteiger partial charge in [-0.2, -0.15) is 8.78 Å². The quantitative estimate of drug-likeness (QED) is 0.676. The predicted octanol–water partition coefficient (Wildman–Crippen LogP) is 1.32. The van der Waals surface area contributed by atoms with Crippen LogP contribution in [-0.2, 0) is 19.4 Å². The maximum absolute atomic E-state index is 12.4. The molecule has 144 valence electrons. The molecule has 0 aliphatic carbocycles. The Bertz CT molecular complexity index is 763. The Morgan fingerprint density at radius 2 is 1.69 bits per heavy atom. The average molecular weight is 392 g/mol. The minimum absolute atomic E-state index is 0.143. The molecule has 0 radical (unpaired) electrons. The van der Waals surface area contributed by atoms with Gasteiger partial charge in [-0.3, -0.25) is 10.1 Å². The first-order chi connectivity index (χ1) is 12.0. The summed E-state index contributed by atoms with van der Waals surface area (Å²) in [5.74, 6) is -5.24. The topological polar surface area (TPSA) is 119 Å². The second kappa shape index (κ2) is 9.22. The highest BCUT2D eigenvalue weighted by atomic mass is 32.2. The molecule has 0 unspecified atom stereocenters. The van der Waals surface area contributed by atoms with Crippen LogP contribution in [0.2, 0.25) is 0 Å². The maximum atomic E-state index is 12.4. The largest absolute Gasteiger partial charge is 0.452 e. The highest BCUT2D eigenvalue weighted by Crippen LogP contribution is 2.18. The molecule has 11 heteroatoms. The number of imide groups is 1. The van der Waals surface area contributed by atoms with Crippen LogP contribution < -0.4 is 10.6 Å². The summed E-state index contributed by atoms with van der Waals surface area (Å²) < 4.78 is 52.0. The van der Waals surface area contributed by atoms with E-state index < -0.39 is 45.0 Å². The molecule has 2 N–H and O–H groups in total. The molecule has 3 amide bonds. The minimum Gasteiger partial charge on any atom is -0.452 e. The number of carbonyl (C=O) groups is 3. The van der Waals surface area contributed by atoms with Crippen molar-refractivity contribution in [1.82, 2.24) is 10.6 Å². The lowest BCUT2D eigenvalue weighted by molar-refractivity contribution is -0.123. The van der Waals surface area contributed by atoms with Crippen molar-refractivity contribution in [1.29, 1.82) is 0 Å². The molecule has 1 aromatic carbocycles. The van der Waals surface area contributed by atoms with E-state index in [1.165, 1.54) is 0 Å². The Morgan fingerprint density at radius 1 is 1.12 bits per heavy atom. The minimum atomic E-state index is -4.76. The number of rotatable bonds is 7.